The molecule has 0 saturated heterocycles. The largest absolute Gasteiger partial charge is 0.480 e. The van der Waals surface area contributed by atoms with Crippen LogP contribution in [0.3, 0.4) is 0 Å². The maximum atomic E-state index is 11.2. The van der Waals surface area contributed by atoms with E-state index in [0.717, 1.165) is 19.3 Å². The predicted molar refractivity (Wildman–Crippen MR) is 48.6 cm³/mol. The Morgan fingerprint density at radius 1 is 1.43 bits per heavy atom. The van der Waals surface area contributed by atoms with Crippen molar-refractivity contribution in [3.63, 3.8) is 0 Å². The van der Waals surface area contributed by atoms with Gasteiger partial charge < -0.3 is 15.5 Å². The average Bonchev–Trinajstić information content (AvgIpc) is 2.07. The third-order valence-electron chi connectivity index (χ3n) is 2.51. The molecule has 0 bridgehead atoms. The van der Waals surface area contributed by atoms with E-state index < -0.39 is 18.6 Å². The van der Waals surface area contributed by atoms with Crippen molar-refractivity contribution >= 4 is 11.9 Å². The number of hydrogen-bond acceptors (Lipinski definition) is 3. The SMILES string of the molecule is O=C(CC1CCC1)NC(CO)C(=O)O. The van der Waals surface area contributed by atoms with E-state index in [0.29, 0.717) is 12.3 Å². The van der Waals surface area contributed by atoms with E-state index in [9.17, 15) is 9.59 Å². The van der Waals surface area contributed by atoms with Crippen LogP contribution in [0.4, 0.5) is 0 Å². The molecule has 0 aromatic rings. The van der Waals surface area contributed by atoms with Gasteiger partial charge in [-0.15, -0.1) is 0 Å². The molecule has 5 heteroatoms. The van der Waals surface area contributed by atoms with E-state index >= 15 is 0 Å². The molecular formula is C9H15NO4. The van der Waals surface area contributed by atoms with Gasteiger partial charge in [-0.1, -0.05) is 6.42 Å². The van der Waals surface area contributed by atoms with Crippen LogP contribution in [0.25, 0.3) is 0 Å². The van der Waals surface area contributed by atoms with E-state index in [2.05, 4.69) is 5.32 Å². The molecule has 80 valence electrons. The zero-order chi connectivity index (χ0) is 10.6. The van der Waals surface area contributed by atoms with Crippen molar-refractivity contribution in [3.05, 3.63) is 0 Å². The van der Waals surface area contributed by atoms with E-state index in [1.165, 1.54) is 0 Å². The molecule has 1 amide bonds. The van der Waals surface area contributed by atoms with Crippen molar-refractivity contribution < 1.29 is 19.8 Å². The van der Waals surface area contributed by atoms with Gasteiger partial charge in [0, 0.05) is 6.42 Å². The molecule has 0 heterocycles. The number of aliphatic carboxylic acids is 1. The lowest BCUT2D eigenvalue weighted by atomic mass is 9.83. The third kappa shape index (κ3) is 2.99. The van der Waals surface area contributed by atoms with Crippen LogP contribution in [0.1, 0.15) is 25.7 Å². The first-order valence-electron chi connectivity index (χ1n) is 4.76. The van der Waals surface area contributed by atoms with Gasteiger partial charge in [0.25, 0.3) is 0 Å². The second-order valence-electron chi connectivity index (χ2n) is 3.64. The summed E-state index contributed by atoms with van der Waals surface area (Å²) in [6.45, 7) is -0.564. The fourth-order valence-electron chi connectivity index (χ4n) is 1.40. The number of carbonyl (C=O) groups is 2. The van der Waals surface area contributed by atoms with Crippen molar-refractivity contribution in [2.75, 3.05) is 6.61 Å². The first-order valence-corrected chi connectivity index (χ1v) is 4.76. The number of aliphatic hydroxyl groups is 1. The molecule has 1 unspecified atom stereocenters. The van der Waals surface area contributed by atoms with Gasteiger partial charge in [-0.05, 0) is 18.8 Å². The van der Waals surface area contributed by atoms with Crippen LogP contribution >= 0.6 is 0 Å². The molecule has 1 atom stereocenters. The van der Waals surface area contributed by atoms with Gasteiger partial charge in [-0.25, -0.2) is 4.79 Å². The Balaban J connectivity index is 2.26. The standard InChI is InChI=1S/C9H15NO4/c11-5-7(9(13)14)10-8(12)4-6-2-1-3-6/h6-7,11H,1-5H2,(H,10,12)(H,13,14). The molecule has 1 aliphatic rings. The summed E-state index contributed by atoms with van der Waals surface area (Å²) in [7, 11) is 0. The summed E-state index contributed by atoms with van der Waals surface area (Å²) < 4.78 is 0. The first kappa shape index (κ1) is 11.0. The molecule has 0 aromatic carbocycles. The van der Waals surface area contributed by atoms with Crippen LogP contribution < -0.4 is 5.32 Å². The summed E-state index contributed by atoms with van der Waals surface area (Å²) in [6.07, 6.45) is 3.62. The Kier molecular flexibility index (Phi) is 3.88. The Morgan fingerprint density at radius 2 is 2.07 bits per heavy atom. The van der Waals surface area contributed by atoms with E-state index in [-0.39, 0.29) is 5.91 Å². The van der Waals surface area contributed by atoms with Crippen molar-refractivity contribution in [2.45, 2.75) is 31.7 Å². The Hall–Kier alpha value is -1.10. The molecular weight excluding hydrogens is 186 g/mol. The second-order valence-corrected chi connectivity index (χ2v) is 3.64. The lowest BCUT2D eigenvalue weighted by molar-refractivity contribution is -0.143. The summed E-state index contributed by atoms with van der Waals surface area (Å²) in [4.78, 5) is 21.7. The molecule has 0 spiro atoms. The van der Waals surface area contributed by atoms with Crippen molar-refractivity contribution in [1.29, 1.82) is 0 Å². The van der Waals surface area contributed by atoms with Gasteiger partial charge in [-0.3, -0.25) is 4.79 Å². The van der Waals surface area contributed by atoms with E-state index in [1.54, 1.807) is 0 Å². The number of hydrogen-bond donors (Lipinski definition) is 3. The highest BCUT2D eigenvalue weighted by Crippen LogP contribution is 2.29. The van der Waals surface area contributed by atoms with Gasteiger partial charge in [0.15, 0.2) is 0 Å². The molecule has 1 rings (SSSR count). The topological polar surface area (TPSA) is 86.6 Å². The second kappa shape index (κ2) is 4.95. The smallest absolute Gasteiger partial charge is 0.328 e. The third-order valence-corrected chi connectivity index (χ3v) is 2.51. The Morgan fingerprint density at radius 3 is 2.43 bits per heavy atom. The van der Waals surface area contributed by atoms with E-state index in [1.807, 2.05) is 0 Å². The monoisotopic (exact) mass is 201 g/mol. The molecule has 0 radical (unpaired) electrons. The molecule has 1 saturated carbocycles. The Labute approximate surface area is 82.1 Å². The number of carbonyl (C=O) groups excluding carboxylic acids is 1. The molecule has 1 fully saturated rings. The van der Waals surface area contributed by atoms with Gasteiger partial charge in [0.1, 0.15) is 6.04 Å². The zero-order valence-corrected chi connectivity index (χ0v) is 7.90. The minimum atomic E-state index is -1.20. The number of rotatable bonds is 5. The van der Waals surface area contributed by atoms with Gasteiger partial charge >= 0.3 is 5.97 Å². The number of nitrogens with one attached hydrogen (secondary N) is 1. The van der Waals surface area contributed by atoms with Crippen molar-refractivity contribution in [1.82, 2.24) is 5.32 Å². The maximum Gasteiger partial charge on any atom is 0.328 e. The first-order chi connectivity index (χ1) is 6.63. The number of carboxylic acids is 1. The lowest BCUT2D eigenvalue weighted by Gasteiger charge is -2.25. The molecule has 0 aliphatic heterocycles. The van der Waals surface area contributed by atoms with Crippen LogP contribution in [0.15, 0.2) is 0 Å². The highest BCUT2D eigenvalue weighted by molar-refractivity contribution is 5.83. The highest BCUT2D eigenvalue weighted by atomic mass is 16.4. The van der Waals surface area contributed by atoms with Crippen LogP contribution in [0, 0.1) is 5.92 Å². The van der Waals surface area contributed by atoms with Gasteiger partial charge in [0.2, 0.25) is 5.91 Å². The lowest BCUT2D eigenvalue weighted by Crippen LogP contribution is -2.44. The average molecular weight is 201 g/mol. The zero-order valence-electron chi connectivity index (χ0n) is 7.90. The van der Waals surface area contributed by atoms with Crippen LogP contribution in [0.2, 0.25) is 0 Å². The normalized spacial score (nSPS) is 18.4. The fourth-order valence-corrected chi connectivity index (χ4v) is 1.40. The van der Waals surface area contributed by atoms with Crippen LogP contribution in [-0.4, -0.2) is 34.7 Å². The van der Waals surface area contributed by atoms with Crippen LogP contribution in [-0.2, 0) is 9.59 Å². The summed E-state index contributed by atoms with van der Waals surface area (Å²) >= 11 is 0. The minimum absolute atomic E-state index is 0.281. The molecule has 0 aromatic heterocycles. The summed E-state index contributed by atoms with van der Waals surface area (Å²) in [6, 6.07) is -1.16. The molecule has 3 N–H and O–H groups in total. The molecule has 5 nitrogen and oxygen atoms in total. The quantitative estimate of drug-likeness (QED) is 0.572. The summed E-state index contributed by atoms with van der Waals surface area (Å²) in [5, 5.41) is 19.5. The van der Waals surface area contributed by atoms with Crippen LogP contribution in [0.5, 0.6) is 0 Å². The molecule has 14 heavy (non-hydrogen) atoms. The highest BCUT2D eigenvalue weighted by Gasteiger charge is 2.24. The van der Waals surface area contributed by atoms with Gasteiger partial charge in [-0.2, -0.15) is 0 Å². The number of aliphatic hydroxyl groups excluding tert-OH is 1. The van der Waals surface area contributed by atoms with E-state index in [4.69, 9.17) is 10.2 Å². The molecule has 1 aliphatic carbocycles. The summed E-state index contributed by atoms with van der Waals surface area (Å²) in [5.74, 6) is -1.08. The van der Waals surface area contributed by atoms with Crippen molar-refractivity contribution in [2.24, 2.45) is 5.92 Å². The summed E-state index contributed by atoms with van der Waals surface area (Å²) in [5.41, 5.74) is 0. The Bertz CT molecular complexity index is 225. The predicted octanol–water partition coefficient (Wildman–Crippen LogP) is -0.262. The van der Waals surface area contributed by atoms with Crippen molar-refractivity contribution in [3.8, 4) is 0 Å². The number of amides is 1. The van der Waals surface area contributed by atoms with Gasteiger partial charge in [0.05, 0.1) is 6.61 Å². The fraction of sp³-hybridized carbons (Fsp3) is 0.778. The minimum Gasteiger partial charge on any atom is -0.480 e. The maximum absolute atomic E-state index is 11.2. The number of carboxylic acid groups (broad SMARTS) is 1.